The van der Waals surface area contributed by atoms with Crippen molar-refractivity contribution in [1.82, 2.24) is 15.1 Å². The van der Waals surface area contributed by atoms with Gasteiger partial charge in [0.2, 0.25) is 5.91 Å². The summed E-state index contributed by atoms with van der Waals surface area (Å²) < 4.78 is 7.37. The Hall–Kier alpha value is -1.89. The number of aromatic nitrogens is 2. The lowest BCUT2D eigenvalue weighted by Crippen LogP contribution is -2.76. The number of hydrogen-bond donors (Lipinski definition) is 2. The van der Waals surface area contributed by atoms with Crippen LogP contribution in [0.25, 0.3) is 0 Å². The maximum atomic E-state index is 12.9. The summed E-state index contributed by atoms with van der Waals surface area (Å²) in [5.41, 5.74) is 0.529. The van der Waals surface area contributed by atoms with E-state index in [1.165, 1.54) is 0 Å². The molecule has 25 heavy (non-hydrogen) atoms. The van der Waals surface area contributed by atoms with Crippen LogP contribution in [0.3, 0.4) is 0 Å². The van der Waals surface area contributed by atoms with Crippen LogP contribution in [-0.4, -0.2) is 45.0 Å². The van der Waals surface area contributed by atoms with E-state index in [1.807, 2.05) is 41.7 Å². The van der Waals surface area contributed by atoms with Gasteiger partial charge in [-0.1, -0.05) is 13.8 Å². The second-order valence-electron chi connectivity index (χ2n) is 7.50. The van der Waals surface area contributed by atoms with Gasteiger partial charge in [0.05, 0.1) is 17.7 Å². The van der Waals surface area contributed by atoms with Gasteiger partial charge in [0.1, 0.15) is 5.54 Å². The number of nitrogens with one attached hydrogen (secondary N) is 1. The third-order valence-corrected chi connectivity index (χ3v) is 5.86. The van der Waals surface area contributed by atoms with Crippen LogP contribution < -0.4 is 5.32 Å². The van der Waals surface area contributed by atoms with Crippen LogP contribution in [0, 0.1) is 19.3 Å². The first kappa shape index (κ1) is 19.4. The highest BCUT2D eigenvalue weighted by molar-refractivity contribution is 5.92. The highest BCUT2D eigenvalue weighted by atomic mass is 16.5. The van der Waals surface area contributed by atoms with Crippen LogP contribution in [0.4, 0.5) is 0 Å². The molecule has 7 nitrogen and oxygen atoms in total. The molecular weight excluding hydrogens is 322 g/mol. The molecule has 0 aromatic carbocycles. The number of rotatable bonds is 6. The molecule has 1 aromatic heterocycles. The number of carbonyl (C=O) groups excluding carboxylic acids is 1. The Balaban J connectivity index is 2.27. The Kier molecular flexibility index (Phi) is 5.01. The highest BCUT2D eigenvalue weighted by Crippen LogP contribution is 2.51. The van der Waals surface area contributed by atoms with Gasteiger partial charge in [0.25, 0.3) is 0 Å². The largest absolute Gasteiger partial charge is 0.479 e. The molecule has 3 atom stereocenters. The van der Waals surface area contributed by atoms with Gasteiger partial charge < -0.3 is 15.2 Å². The van der Waals surface area contributed by atoms with E-state index in [2.05, 4.69) is 10.4 Å². The molecule has 0 bridgehead atoms. The number of amides is 1. The van der Waals surface area contributed by atoms with Crippen molar-refractivity contribution in [3.63, 3.8) is 0 Å². The summed E-state index contributed by atoms with van der Waals surface area (Å²) in [5.74, 6) is -1.80. The summed E-state index contributed by atoms with van der Waals surface area (Å²) in [6, 6.07) is 0. The second-order valence-corrected chi connectivity index (χ2v) is 7.50. The molecular formula is C18H29N3O4. The lowest BCUT2D eigenvalue weighted by Gasteiger charge is -2.58. The van der Waals surface area contributed by atoms with Crippen molar-refractivity contribution in [3.05, 3.63) is 17.0 Å². The maximum Gasteiger partial charge on any atom is 0.330 e. The lowest BCUT2D eigenvalue weighted by atomic mass is 9.54. The maximum absolute atomic E-state index is 12.9. The third-order valence-electron chi connectivity index (χ3n) is 5.86. The van der Waals surface area contributed by atoms with Crippen molar-refractivity contribution < 1.29 is 19.4 Å². The first-order chi connectivity index (χ1) is 11.5. The molecule has 1 aliphatic carbocycles. The minimum absolute atomic E-state index is 0.189. The minimum Gasteiger partial charge on any atom is -0.479 e. The zero-order valence-corrected chi connectivity index (χ0v) is 16.1. The fourth-order valence-corrected chi connectivity index (χ4v) is 3.90. The van der Waals surface area contributed by atoms with Gasteiger partial charge in [0.15, 0.2) is 0 Å². The van der Waals surface area contributed by atoms with Crippen LogP contribution in [0.1, 0.15) is 57.0 Å². The Morgan fingerprint density at radius 1 is 1.44 bits per heavy atom. The van der Waals surface area contributed by atoms with E-state index in [4.69, 9.17) is 4.74 Å². The van der Waals surface area contributed by atoms with Crippen molar-refractivity contribution in [2.24, 2.45) is 12.5 Å². The van der Waals surface area contributed by atoms with E-state index in [9.17, 15) is 14.7 Å². The molecule has 7 heteroatoms. The Labute approximate surface area is 148 Å². The van der Waals surface area contributed by atoms with Crippen molar-refractivity contribution in [2.75, 3.05) is 6.61 Å². The summed E-state index contributed by atoms with van der Waals surface area (Å²) in [6.07, 6.45) is 0.0816. The standard InChI is InChI=1S/C18H29N3O4/c1-8-25-13-9-18(16(23)24,17(13,5)6)19-15(22)10(2)14-11(3)20-21(7)12(14)4/h10,13H,8-9H2,1-7H3,(H,19,22)(H,23,24). The summed E-state index contributed by atoms with van der Waals surface area (Å²) in [6.45, 7) is 11.6. The van der Waals surface area contributed by atoms with Gasteiger partial charge >= 0.3 is 5.97 Å². The molecule has 2 rings (SSSR count). The summed E-state index contributed by atoms with van der Waals surface area (Å²) in [5, 5.41) is 17.0. The zero-order chi connectivity index (χ0) is 19.2. The van der Waals surface area contributed by atoms with Crippen molar-refractivity contribution in [1.29, 1.82) is 0 Å². The van der Waals surface area contributed by atoms with Gasteiger partial charge in [-0.05, 0) is 27.7 Å². The fourth-order valence-electron chi connectivity index (χ4n) is 3.90. The Bertz CT molecular complexity index is 695. The normalized spacial score (nSPS) is 26.0. The third kappa shape index (κ3) is 2.84. The van der Waals surface area contributed by atoms with Gasteiger partial charge in [-0.3, -0.25) is 9.48 Å². The molecule has 3 unspecified atom stereocenters. The zero-order valence-electron chi connectivity index (χ0n) is 16.1. The van der Waals surface area contributed by atoms with Crippen molar-refractivity contribution in [3.8, 4) is 0 Å². The lowest BCUT2D eigenvalue weighted by molar-refractivity contribution is -0.194. The number of ether oxygens (including phenoxy) is 1. The molecule has 0 spiro atoms. The minimum atomic E-state index is -1.32. The van der Waals surface area contributed by atoms with Crippen molar-refractivity contribution in [2.45, 2.75) is 65.5 Å². The van der Waals surface area contributed by atoms with Crippen LogP contribution in [0.15, 0.2) is 0 Å². The molecule has 0 radical (unpaired) electrons. The molecule has 1 aromatic rings. The number of carboxylic acid groups (broad SMARTS) is 1. The number of carbonyl (C=O) groups is 2. The number of aryl methyl sites for hydroxylation is 2. The molecule has 1 saturated carbocycles. The van der Waals surface area contributed by atoms with E-state index >= 15 is 0 Å². The van der Waals surface area contributed by atoms with E-state index in [0.29, 0.717) is 6.61 Å². The van der Waals surface area contributed by atoms with Crippen LogP contribution in [0.2, 0.25) is 0 Å². The fraction of sp³-hybridized carbons (Fsp3) is 0.722. The smallest absolute Gasteiger partial charge is 0.330 e. The number of carboxylic acids is 1. The van der Waals surface area contributed by atoms with Crippen LogP contribution in [0.5, 0.6) is 0 Å². The second kappa shape index (κ2) is 6.44. The molecule has 1 fully saturated rings. The summed E-state index contributed by atoms with van der Waals surface area (Å²) >= 11 is 0. The molecule has 1 amide bonds. The molecule has 140 valence electrons. The average Bonchev–Trinajstić information content (AvgIpc) is 2.77. The van der Waals surface area contributed by atoms with E-state index < -0.39 is 22.8 Å². The van der Waals surface area contributed by atoms with Gasteiger partial charge in [-0.25, -0.2) is 4.79 Å². The van der Waals surface area contributed by atoms with E-state index in [0.717, 1.165) is 17.0 Å². The average molecular weight is 351 g/mol. The molecule has 1 heterocycles. The number of nitrogens with zero attached hydrogens (tertiary/aromatic N) is 2. The predicted molar refractivity (Wildman–Crippen MR) is 93.4 cm³/mol. The molecule has 0 saturated heterocycles. The van der Waals surface area contributed by atoms with Gasteiger partial charge in [-0.15, -0.1) is 0 Å². The molecule has 2 N–H and O–H groups in total. The Morgan fingerprint density at radius 2 is 2.04 bits per heavy atom. The van der Waals surface area contributed by atoms with Crippen molar-refractivity contribution >= 4 is 11.9 Å². The summed E-state index contributed by atoms with van der Waals surface area (Å²) in [7, 11) is 1.83. The first-order valence-corrected chi connectivity index (χ1v) is 8.66. The number of aliphatic carboxylic acids is 1. The SMILES string of the molecule is CCOC1CC(NC(=O)C(C)c2c(C)nn(C)c2C)(C(=O)O)C1(C)C. The molecule has 1 aliphatic rings. The molecule has 0 aliphatic heterocycles. The Morgan fingerprint density at radius 3 is 2.44 bits per heavy atom. The predicted octanol–water partition coefficient (Wildman–Crippen LogP) is 1.92. The van der Waals surface area contributed by atoms with Crippen LogP contribution >= 0.6 is 0 Å². The van der Waals surface area contributed by atoms with Gasteiger partial charge in [-0.2, -0.15) is 5.10 Å². The first-order valence-electron chi connectivity index (χ1n) is 8.66. The quantitative estimate of drug-likeness (QED) is 0.817. The topological polar surface area (TPSA) is 93.5 Å². The number of hydrogen-bond acceptors (Lipinski definition) is 4. The van der Waals surface area contributed by atoms with E-state index in [-0.39, 0.29) is 18.4 Å². The summed E-state index contributed by atoms with van der Waals surface area (Å²) in [4.78, 5) is 24.9. The van der Waals surface area contributed by atoms with E-state index in [1.54, 1.807) is 11.6 Å². The monoisotopic (exact) mass is 351 g/mol. The van der Waals surface area contributed by atoms with Gasteiger partial charge in [0, 0.05) is 36.7 Å². The highest BCUT2D eigenvalue weighted by Gasteiger charge is 2.66. The van der Waals surface area contributed by atoms with Crippen LogP contribution in [-0.2, 0) is 21.4 Å².